The highest BCUT2D eigenvalue weighted by Crippen LogP contribution is 2.30. The van der Waals surface area contributed by atoms with Crippen molar-refractivity contribution in [1.29, 1.82) is 0 Å². The molecule has 0 bridgehead atoms. The largest absolute Gasteiger partial charge is 0.435 e. The summed E-state index contributed by atoms with van der Waals surface area (Å²) < 4.78 is 55.0. The third kappa shape index (κ3) is 5.36. The Morgan fingerprint density at radius 3 is 2.58 bits per heavy atom. The number of benzene rings is 1. The van der Waals surface area contributed by atoms with Gasteiger partial charge in [0.25, 0.3) is 0 Å². The van der Waals surface area contributed by atoms with Crippen molar-refractivity contribution in [2.75, 3.05) is 23.3 Å². The van der Waals surface area contributed by atoms with Gasteiger partial charge in [0.1, 0.15) is 0 Å². The van der Waals surface area contributed by atoms with Crippen molar-refractivity contribution in [2.24, 2.45) is 0 Å². The number of nitrogens with zero attached hydrogens (tertiary/aromatic N) is 4. The summed E-state index contributed by atoms with van der Waals surface area (Å²) in [5, 5.41) is 8.82. The number of nitrogens with one attached hydrogen (secondary N) is 2. The van der Waals surface area contributed by atoms with Crippen molar-refractivity contribution in [3.05, 3.63) is 64.8 Å². The Balaban J connectivity index is 1.46. The van der Waals surface area contributed by atoms with E-state index in [1.807, 2.05) is 4.90 Å². The monoisotopic (exact) mass is 482 g/mol. The Morgan fingerprint density at radius 1 is 1.15 bits per heavy atom. The van der Waals surface area contributed by atoms with E-state index in [4.69, 9.17) is 11.6 Å². The van der Waals surface area contributed by atoms with Gasteiger partial charge < -0.3 is 15.5 Å². The van der Waals surface area contributed by atoms with Crippen molar-refractivity contribution in [2.45, 2.75) is 25.6 Å². The van der Waals surface area contributed by atoms with E-state index >= 15 is 0 Å². The molecule has 7 nitrogen and oxygen atoms in total. The van der Waals surface area contributed by atoms with Crippen LogP contribution < -0.4 is 15.5 Å². The fraction of sp³-hybridized carbons (Fsp3) is 0.286. The number of carbonyl (C=O) groups excluding carboxylic acids is 1. The molecule has 3 aromatic rings. The van der Waals surface area contributed by atoms with Crippen molar-refractivity contribution in [3.63, 3.8) is 0 Å². The van der Waals surface area contributed by atoms with Crippen LogP contribution in [0.25, 0.3) is 5.69 Å². The normalized spacial score (nSPS) is 13.9. The number of carbonyl (C=O) groups is 1. The van der Waals surface area contributed by atoms with Gasteiger partial charge in [-0.05, 0) is 37.1 Å². The van der Waals surface area contributed by atoms with Crippen LogP contribution >= 0.6 is 11.6 Å². The molecule has 1 fully saturated rings. The summed E-state index contributed by atoms with van der Waals surface area (Å²) in [6, 6.07) is 7.40. The molecule has 33 heavy (non-hydrogen) atoms. The van der Waals surface area contributed by atoms with Gasteiger partial charge in [-0.25, -0.2) is 18.9 Å². The molecule has 0 spiro atoms. The highest BCUT2D eigenvalue weighted by Gasteiger charge is 2.35. The maximum absolute atomic E-state index is 14.4. The van der Waals surface area contributed by atoms with Gasteiger partial charge in [0, 0.05) is 24.2 Å². The third-order valence-electron chi connectivity index (χ3n) is 5.04. The molecule has 2 amide bonds. The van der Waals surface area contributed by atoms with Crippen molar-refractivity contribution in [1.82, 2.24) is 20.1 Å². The molecule has 0 atom stereocenters. The van der Waals surface area contributed by atoms with Gasteiger partial charge in [-0.2, -0.15) is 18.3 Å². The summed E-state index contributed by atoms with van der Waals surface area (Å²) in [6.45, 7) is 1.16. The summed E-state index contributed by atoms with van der Waals surface area (Å²) in [6.07, 6.45) is -1.41. The van der Waals surface area contributed by atoms with E-state index < -0.39 is 23.7 Å². The van der Waals surface area contributed by atoms with E-state index in [2.05, 4.69) is 20.7 Å². The first-order valence-corrected chi connectivity index (χ1v) is 10.5. The van der Waals surface area contributed by atoms with E-state index in [1.165, 1.54) is 12.3 Å². The molecule has 0 unspecified atom stereocenters. The number of halogens is 5. The number of hydrogen-bond donors (Lipinski definition) is 2. The predicted molar refractivity (Wildman–Crippen MR) is 115 cm³/mol. The number of rotatable bonds is 5. The van der Waals surface area contributed by atoms with Gasteiger partial charge in [-0.15, -0.1) is 0 Å². The molecule has 1 aromatic carbocycles. The average Bonchev–Trinajstić information content (AvgIpc) is 3.42. The second-order valence-electron chi connectivity index (χ2n) is 7.44. The summed E-state index contributed by atoms with van der Waals surface area (Å²) in [5.41, 5.74) is -0.608. The highest BCUT2D eigenvalue weighted by atomic mass is 35.5. The quantitative estimate of drug-likeness (QED) is 0.502. The zero-order chi connectivity index (χ0) is 23.6. The molecule has 1 saturated heterocycles. The second kappa shape index (κ2) is 9.26. The molecular weight excluding hydrogens is 464 g/mol. The van der Waals surface area contributed by atoms with E-state index in [9.17, 15) is 22.4 Å². The van der Waals surface area contributed by atoms with Crippen LogP contribution in [0.15, 0.2) is 42.6 Å². The molecular formula is C21H19ClF4N6O. The molecule has 0 radical (unpaired) electrons. The highest BCUT2D eigenvalue weighted by molar-refractivity contribution is 6.30. The number of anilines is 2. The van der Waals surface area contributed by atoms with Crippen LogP contribution in [-0.4, -0.2) is 33.9 Å². The Labute approximate surface area is 191 Å². The second-order valence-corrected chi connectivity index (χ2v) is 7.88. The van der Waals surface area contributed by atoms with Crippen LogP contribution in [0.2, 0.25) is 5.02 Å². The van der Waals surface area contributed by atoms with Gasteiger partial charge in [0.05, 0.1) is 29.8 Å². The first kappa shape index (κ1) is 22.8. The number of pyridine rings is 1. The zero-order valence-electron chi connectivity index (χ0n) is 17.2. The number of amides is 2. The summed E-state index contributed by atoms with van der Waals surface area (Å²) in [7, 11) is 0. The van der Waals surface area contributed by atoms with E-state index in [1.54, 1.807) is 18.2 Å². The summed E-state index contributed by atoms with van der Waals surface area (Å²) >= 11 is 5.94. The molecule has 12 heteroatoms. The van der Waals surface area contributed by atoms with Gasteiger partial charge in [0.15, 0.2) is 17.3 Å². The van der Waals surface area contributed by atoms with E-state index in [0.29, 0.717) is 10.7 Å². The van der Waals surface area contributed by atoms with E-state index in [0.717, 1.165) is 42.7 Å². The van der Waals surface area contributed by atoms with Crippen LogP contribution in [0.3, 0.4) is 0 Å². The Kier molecular flexibility index (Phi) is 6.41. The SMILES string of the molecule is O=C(NCc1cc(C(F)(F)F)nn1-c1cccc(Cl)c1)Nc1cnc(N2CCCC2)c(F)c1. The van der Waals surface area contributed by atoms with Crippen LogP contribution in [0.5, 0.6) is 0 Å². The van der Waals surface area contributed by atoms with Crippen molar-refractivity contribution >= 4 is 29.1 Å². The zero-order valence-corrected chi connectivity index (χ0v) is 17.9. The first-order valence-electron chi connectivity index (χ1n) is 10.1. The van der Waals surface area contributed by atoms with Crippen molar-refractivity contribution < 1.29 is 22.4 Å². The molecule has 2 N–H and O–H groups in total. The van der Waals surface area contributed by atoms with Crippen LogP contribution in [0, 0.1) is 5.82 Å². The molecule has 1 aliphatic heterocycles. The van der Waals surface area contributed by atoms with Crippen molar-refractivity contribution in [3.8, 4) is 5.69 Å². The lowest BCUT2D eigenvalue weighted by molar-refractivity contribution is -0.141. The summed E-state index contributed by atoms with van der Waals surface area (Å²) in [4.78, 5) is 18.2. The lowest BCUT2D eigenvalue weighted by atomic mass is 10.3. The smallest absolute Gasteiger partial charge is 0.354 e. The number of hydrogen-bond acceptors (Lipinski definition) is 4. The topological polar surface area (TPSA) is 75.1 Å². The minimum absolute atomic E-state index is 0.0772. The van der Waals surface area contributed by atoms with Gasteiger partial charge in [-0.3, -0.25) is 0 Å². The molecule has 3 heterocycles. The first-order chi connectivity index (χ1) is 15.7. The molecule has 174 valence electrons. The lowest BCUT2D eigenvalue weighted by Crippen LogP contribution is -2.29. The minimum Gasteiger partial charge on any atom is -0.354 e. The van der Waals surface area contributed by atoms with E-state index in [-0.39, 0.29) is 23.7 Å². The van der Waals surface area contributed by atoms with Crippen LogP contribution in [0.1, 0.15) is 24.2 Å². The average molecular weight is 483 g/mol. The van der Waals surface area contributed by atoms with Gasteiger partial charge >= 0.3 is 12.2 Å². The van der Waals surface area contributed by atoms with Gasteiger partial charge in [0.2, 0.25) is 0 Å². The maximum atomic E-state index is 14.4. The molecule has 4 rings (SSSR count). The Bertz CT molecular complexity index is 1160. The fourth-order valence-corrected chi connectivity index (χ4v) is 3.71. The van der Waals surface area contributed by atoms with Crippen LogP contribution in [-0.2, 0) is 12.7 Å². The number of alkyl halides is 3. The Morgan fingerprint density at radius 2 is 1.91 bits per heavy atom. The molecule has 0 saturated carbocycles. The fourth-order valence-electron chi connectivity index (χ4n) is 3.52. The summed E-state index contributed by atoms with van der Waals surface area (Å²) in [5.74, 6) is -0.341. The molecule has 0 aliphatic carbocycles. The molecule has 1 aliphatic rings. The minimum atomic E-state index is -4.67. The van der Waals surface area contributed by atoms with Gasteiger partial charge in [-0.1, -0.05) is 17.7 Å². The lowest BCUT2D eigenvalue weighted by Gasteiger charge is -2.17. The maximum Gasteiger partial charge on any atom is 0.435 e. The number of urea groups is 1. The Hall–Kier alpha value is -3.34. The predicted octanol–water partition coefficient (Wildman–Crippen LogP) is 5.00. The third-order valence-corrected chi connectivity index (χ3v) is 5.28. The number of aromatic nitrogens is 3. The molecule has 2 aromatic heterocycles. The standard InChI is InChI=1S/C21H19ClF4N6O/c22-13-4-3-5-15(8-13)32-16(10-18(30-32)21(24,25)26)12-28-20(33)29-14-9-17(23)19(27-11-14)31-6-1-2-7-31/h3-5,8-11H,1-2,6-7,12H2,(H2,28,29,33). The van der Waals surface area contributed by atoms with Crippen LogP contribution in [0.4, 0.5) is 33.9 Å².